The number of anilines is 3. The molecule has 0 bridgehead atoms. The normalized spacial score (nSPS) is 15.9. The summed E-state index contributed by atoms with van der Waals surface area (Å²) in [6, 6.07) is 74.5. The molecule has 0 aromatic heterocycles. The van der Waals surface area contributed by atoms with Gasteiger partial charge in [0.2, 0.25) is 0 Å². The molecule has 2 aliphatic heterocycles. The van der Waals surface area contributed by atoms with Gasteiger partial charge in [-0.25, -0.2) is 0 Å². The maximum atomic E-state index is 2.43. The van der Waals surface area contributed by atoms with Gasteiger partial charge >= 0.3 is 0 Å². The standard InChI is InChI=1S/C27H22N2.C21H17NS.BrH.HI/c1-5-13-22(14-6-1)26-21-28(24-17-9-3-10-18-24)27(23-15-7-2-8-16-23)29(26)25-19-11-4-12-20-25;1-4-10-17(11-5-1)20-16-22(19-14-8-3-9-15-19)21(23-20)18-12-6-2-7-13-18;;/h1-21,27H;1-16,21H;2*1H/p-2. The van der Waals surface area contributed by atoms with E-state index >= 15 is 0 Å². The van der Waals surface area contributed by atoms with Crippen LogP contribution in [-0.4, -0.2) is 0 Å². The Morgan fingerprint density at radius 2 is 0.759 bits per heavy atom. The van der Waals surface area contributed by atoms with Gasteiger partial charge in [0.25, 0.3) is 0 Å². The van der Waals surface area contributed by atoms with Gasteiger partial charge in [-0.3, -0.25) is 0 Å². The summed E-state index contributed by atoms with van der Waals surface area (Å²) in [5, 5.41) is 0.272. The fourth-order valence-electron chi connectivity index (χ4n) is 6.77. The lowest BCUT2D eigenvalue weighted by atomic mass is 10.1. The Balaban J connectivity index is 0.000000182. The van der Waals surface area contributed by atoms with E-state index in [1.807, 2.05) is 11.8 Å². The number of thioether (sulfide) groups is 1. The maximum absolute atomic E-state index is 2.43. The average molecular weight is 897 g/mol. The predicted octanol–water partition coefficient (Wildman–Crippen LogP) is 6.66. The molecule has 0 radical (unpaired) electrons. The molecule has 9 rings (SSSR count). The van der Waals surface area contributed by atoms with Gasteiger partial charge < -0.3 is 55.7 Å². The molecule has 0 amide bonds. The van der Waals surface area contributed by atoms with Crippen LogP contribution in [0.25, 0.3) is 10.6 Å². The number of benzene rings is 7. The van der Waals surface area contributed by atoms with Crippen LogP contribution in [0.5, 0.6) is 0 Å². The molecule has 0 N–H and O–H groups in total. The third kappa shape index (κ3) is 8.68. The van der Waals surface area contributed by atoms with Crippen LogP contribution in [0.3, 0.4) is 0 Å². The van der Waals surface area contributed by atoms with Crippen molar-refractivity contribution < 1.29 is 41.0 Å². The first-order chi connectivity index (χ1) is 25.8. The second-order valence-electron chi connectivity index (χ2n) is 12.6. The van der Waals surface area contributed by atoms with Crippen molar-refractivity contribution in [3.05, 3.63) is 247 Å². The highest BCUT2D eigenvalue weighted by Gasteiger charge is 2.36. The molecule has 0 fully saturated rings. The van der Waals surface area contributed by atoms with E-state index in [-0.39, 0.29) is 52.5 Å². The highest BCUT2D eigenvalue weighted by atomic mass is 127. The third-order valence-corrected chi connectivity index (χ3v) is 10.5. The number of halogens is 2. The lowest BCUT2D eigenvalue weighted by Gasteiger charge is -2.35. The van der Waals surface area contributed by atoms with E-state index in [4.69, 9.17) is 0 Å². The highest BCUT2D eigenvalue weighted by Crippen LogP contribution is 2.50. The number of rotatable bonds is 7. The van der Waals surface area contributed by atoms with Crippen LogP contribution in [0.15, 0.2) is 225 Å². The molecule has 268 valence electrons. The molecule has 2 atom stereocenters. The summed E-state index contributed by atoms with van der Waals surface area (Å²) in [6.07, 6.45) is 4.58. The van der Waals surface area contributed by atoms with E-state index in [2.05, 4.69) is 239 Å². The number of nitrogens with zero attached hydrogens (tertiary/aromatic N) is 3. The lowest BCUT2D eigenvalue weighted by molar-refractivity contribution is -0.00100. The fourth-order valence-corrected chi connectivity index (χ4v) is 8.04. The van der Waals surface area contributed by atoms with Crippen LogP contribution in [0.4, 0.5) is 17.1 Å². The zero-order valence-electron chi connectivity index (χ0n) is 29.5. The fraction of sp³-hybridized carbons (Fsp3) is 0.0417. The molecule has 0 spiro atoms. The first-order valence-corrected chi connectivity index (χ1v) is 18.5. The molecule has 3 nitrogen and oxygen atoms in total. The molecule has 2 heterocycles. The Bertz CT molecular complexity index is 2230. The summed E-state index contributed by atoms with van der Waals surface area (Å²) < 4.78 is 0. The summed E-state index contributed by atoms with van der Waals surface area (Å²) >= 11 is 1.91. The van der Waals surface area contributed by atoms with Crippen molar-refractivity contribution in [3.8, 4) is 0 Å². The van der Waals surface area contributed by atoms with Crippen molar-refractivity contribution >= 4 is 39.4 Å². The van der Waals surface area contributed by atoms with Crippen molar-refractivity contribution in [2.75, 3.05) is 14.7 Å². The molecule has 54 heavy (non-hydrogen) atoms. The van der Waals surface area contributed by atoms with E-state index in [0.29, 0.717) is 0 Å². The van der Waals surface area contributed by atoms with Crippen molar-refractivity contribution in [2.24, 2.45) is 0 Å². The quantitative estimate of drug-likeness (QED) is 0.166. The van der Waals surface area contributed by atoms with Crippen LogP contribution in [-0.2, 0) is 0 Å². The Morgan fingerprint density at radius 1 is 0.370 bits per heavy atom. The van der Waals surface area contributed by atoms with E-state index in [0.717, 1.165) is 0 Å². The van der Waals surface area contributed by atoms with Crippen molar-refractivity contribution in [1.29, 1.82) is 0 Å². The van der Waals surface area contributed by atoms with Gasteiger partial charge in [-0.15, -0.1) is 0 Å². The first-order valence-electron chi connectivity index (χ1n) is 17.7. The second-order valence-corrected chi connectivity index (χ2v) is 13.7. The monoisotopic (exact) mass is 895 g/mol. The van der Waals surface area contributed by atoms with E-state index < -0.39 is 0 Å². The highest BCUT2D eigenvalue weighted by molar-refractivity contribution is 8.08. The van der Waals surface area contributed by atoms with Gasteiger partial charge in [-0.2, -0.15) is 0 Å². The third-order valence-electron chi connectivity index (χ3n) is 9.23. The van der Waals surface area contributed by atoms with Gasteiger partial charge in [0.15, 0.2) is 0 Å². The van der Waals surface area contributed by atoms with E-state index in [1.54, 1.807) is 0 Å². The van der Waals surface area contributed by atoms with Crippen LogP contribution < -0.4 is 55.7 Å². The number of para-hydroxylation sites is 3. The molecule has 2 aliphatic rings. The van der Waals surface area contributed by atoms with Gasteiger partial charge in [0, 0.05) is 34.4 Å². The van der Waals surface area contributed by atoms with Gasteiger partial charge in [-0.1, -0.05) is 188 Å². The van der Waals surface area contributed by atoms with Crippen LogP contribution in [0, 0.1) is 0 Å². The molecule has 0 aliphatic carbocycles. The largest absolute Gasteiger partial charge is 1.00 e. The number of hydrogen-bond donors (Lipinski definition) is 0. The number of hydrogen-bond acceptors (Lipinski definition) is 4. The minimum atomic E-state index is 0. The molecule has 7 aromatic rings. The summed E-state index contributed by atoms with van der Waals surface area (Å²) in [4.78, 5) is 8.47. The molecule has 2 unspecified atom stereocenters. The van der Waals surface area contributed by atoms with Crippen molar-refractivity contribution in [1.82, 2.24) is 0 Å². The molecule has 6 heteroatoms. The first kappa shape index (κ1) is 38.7. The Kier molecular flexibility index (Phi) is 13.5. The topological polar surface area (TPSA) is 9.72 Å². The Hall–Kier alpha value is -5.02. The van der Waals surface area contributed by atoms with Crippen molar-refractivity contribution in [3.63, 3.8) is 0 Å². The maximum Gasteiger partial charge on any atom is 0.136 e. The summed E-state index contributed by atoms with van der Waals surface area (Å²) in [5.41, 5.74) is 9.82. The van der Waals surface area contributed by atoms with E-state index in [1.165, 1.54) is 49.9 Å². The lowest BCUT2D eigenvalue weighted by Crippen LogP contribution is -3.00. The van der Waals surface area contributed by atoms with Gasteiger partial charge in [0.05, 0.1) is 5.70 Å². The minimum absolute atomic E-state index is 0. The summed E-state index contributed by atoms with van der Waals surface area (Å²) in [7, 11) is 0. The molecular weight excluding hydrogens is 857 g/mol. The Labute approximate surface area is 351 Å². The zero-order chi connectivity index (χ0) is 35.0. The zero-order valence-corrected chi connectivity index (χ0v) is 34.1. The smallest absolute Gasteiger partial charge is 0.136 e. The van der Waals surface area contributed by atoms with Gasteiger partial charge in [0.1, 0.15) is 11.5 Å². The summed E-state index contributed by atoms with van der Waals surface area (Å²) in [6.45, 7) is 0. The summed E-state index contributed by atoms with van der Waals surface area (Å²) in [5.74, 6) is 0. The average Bonchev–Trinajstić information content (AvgIpc) is 3.87. The van der Waals surface area contributed by atoms with Crippen molar-refractivity contribution in [2.45, 2.75) is 11.5 Å². The Morgan fingerprint density at radius 3 is 1.26 bits per heavy atom. The molecule has 0 saturated heterocycles. The molecular formula is C48H39BrIN3S-2. The van der Waals surface area contributed by atoms with Crippen LogP contribution in [0.1, 0.15) is 33.8 Å². The minimum Gasteiger partial charge on any atom is -1.00 e. The van der Waals surface area contributed by atoms with Crippen LogP contribution >= 0.6 is 11.8 Å². The van der Waals surface area contributed by atoms with Crippen LogP contribution in [0.2, 0.25) is 0 Å². The molecule has 7 aromatic carbocycles. The predicted molar refractivity (Wildman–Crippen MR) is 222 cm³/mol. The molecule has 0 saturated carbocycles. The van der Waals surface area contributed by atoms with E-state index in [9.17, 15) is 0 Å². The SMILES string of the molecule is C1=C(c2ccccc2)N(c2ccccc2)C(c2ccccc2)N1c1ccccc1.C1=C(c2ccccc2)SC(c2ccccc2)N1c1ccccc1.[Br-].[I-]. The second kappa shape index (κ2) is 18.8. The van der Waals surface area contributed by atoms with Gasteiger partial charge in [-0.05, 0) is 58.7 Å².